The van der Waals surface area contributed by atoms with Gasteiger partial charge < -0.3 is 14.8 Å². The highest BCUT2D eigenvalue weighted by Gasteiger charge is 2.09. The Morgan fingerprint density at radius 3 is 2.52 bits per heavy atom. The van der Waals surface area contributed by atoms with E-state index in [1.165, 1.54) is 5.56 Å². The number of hydrogen-bond donors (Lipinski definition) is 1. The largest absolute Gasteiger partial charge is 0.491 e. The summed E-state index contributed by atoms with van der Waals surface area (Å²) in [4.78, 5) is 0. The zero-order valence-corrected chi connectivity index (χ0v) is 15.9. The Hall–Kier alpha value is -2.16. The van der Waals surface area contributed by atoms with Gasteiger partial charge in [-0.1, -0.05) is 45.0 Å². The van der Waals surface area contributed by atoms with E-state index in [1.54, 1.807) is 0 Å². The molecule has 0 heterocycles. The topological polar surface area (TPSA) is 30.5 Å². The molecule has 3 heteroatoms. The molecule has 0 aliphatic carbocycles. The monoisotopic (exact) mass is 341 g/mol. The summed E-state index contributed by atoms with van der Waals surface area (Å²) in [6, 6.07) is 16.4. The third-order valence-corrected chi connectivity index (χ3v) is 4.50. The second kappa shape index (κ2) is 9.97. The molecule has 0 saturated carbocycles. The lowest BCUT2D eigenvalue weighted by molar-refractivity contribution is 0.217. The van der Waals surface area contributed by atoms with Gasteiger partial charge in [-0.3, -0.25) is 0 Å². The summed E-state index contributed by atoms with van der Waals surface area (Å²) in [6.45, 7) is 10.0. The number of ether oxygens (including phenoxy) is 2. The normalized spacial score (nSPS) is 13.1. The van der Waals surface area contributed by atoms with E-state index in [4.69, 9.17) is 9.47 Å². The van der Waals surface area contributed by atoms with Crippen LogP contribution in [0, 0.1) is 0 Å². The summed E-state index contributed by atoms with van der Waals surface area (Å²) in [5.74, 6) is 2.41. The predicted octanol–water partition coefficient (Wildman–Crippen LogP) is 5.87. The number of hydrogen-bond acceptors (Lipinski definition) is 3. The average molecular weight is 341 g/mol. The van der Waals surface area contributed by atoms with Gasteiger partial charge in [-0.2, -0.15) is 0 Å². The van der Waals surface area contributed by atoms with Crippen molar-refractivity contribution < 1.29 is 9.47 Å². The maximum absolute atomic E-state index is 6.00. The van der Waals surface area contributed by atoms with Crippen molar-refractivity contribution in [3.63, 3.8) is 0 Å². The van der Waals surface area contributed by atoms with Crippen LogP contribution in [0.4, 0.5) is 5.69 Å². The molecule has 0 aliphatic heterocycles. The fourth-order valence-corrected chi connectivity index (χ4v) is 2.59. The lowest BCUT2D eigenvalue weighted by Crippen LogP contribution is -2.13. The minimum atomic E-state index is 0.232. The lowest BCUT2D eigenvalue weighted by Gasteiger charge is -2.16. The molecule has 0 fully saturated rings. The quantitative estimate of drug-likeness (QED) is 0.548. The van der Waals surface area contributed by atoms with E-state index >= 15 is 0 Å². The number of nitrogens with one attached hydrogen (secondary N) is 1. The first-order valence-corrected chi connectivity index (χ1v) is 9.36. The fraction of sp³-hybridized carbons (Fsp3) is 0.455. The van der Waals surface area contributed by atoms with Crippen LogP contribution in [0.2, 0.25) is 0 Å². The van der Waals surface area contributed by atoms with Gasteiger partial charge in [0.25, 0.3) is 0 Å². The van der Waals surface area contributed by atoms with Gasteiger partial charge >= 0.3 is 0 Å². The molecule has 25 heavy (non-hydrogen) atoms. The van der Waals surface area contributed by atoms with E-state index in [-0.39, 0.29) is 6.10 Å². The number of rotatable bonds is 10. The van der Waals surface area contributed by atoms with Gasteiger partial charge in [-0.15, -0.1) is 0 Å². The number of benzene rings is 2. The molecule has 3 nitrogen and oxygen atoms in total. The van der Waals surface area contributed by atoms with Crippen LogP contribution in [0.5, 0.6) is 11.5 Å². The van der Waals surface area contributed by atoms with E-state index < -0.39 is 0 Å². The van der Waals surface area contributed by atoms with Crippen molar-refractivity contribution >= 4 is 5.69 Å². The maximum atomic E-state index is 6.00. The smallest absolute Gasteiger partial charge is 0.122 e. The Morgan fingerprint density at radius 1 is 0.960 bits per heavy atom. The van der Waals surface area contributed by atoms with Gasteiger partial charge in [0.15, 0.2) is 0 Å². The zero-order valence-electron chi connectivity index (χ0n) is 15.9. The average Bonchev–Trinajstić information content (AvgIpc) is 2.65. The zero-order chi connectivity index (χ0) is 18.1. The van der Waals surface area contributed by atoms with Crippen LogP contribution < -0.4 is 14.8 Å². The summed E-state index contributed by atoms with van der Waals surface area (Å²) in [7, 11) is 0. The third-order valence-electron chi connectivity index (χ3n) is 4.50. The van der Waals surface area contributed by atoms with E-state index in [1.807, 2.05) is 24.3 Å². The molecule has 0 aromatic heterocycles. The third kappa shape index (κ3) is 6.00. The first kappa shape index (κ1) is 19.2. The van der Waals surface area contributed by atoms with E-state index in [2.05, 4.69) is 57.3 Å². The molecule has 136 valence electrons. The van der Waals surface area contributed by atoms with Gasteiger partial charge in [-0.25, -0.2) is 0 Å². The van der Waals surface area contributed by atoms with Gasteiger partial charge in [0.1, 0.15) is 18.1 Å². The summed E-state index contributed by atoms with van der Waals surface area (Å²) in [5.41, 5.74) is 2.34. The molecule has 0 unspecified atom stereocenters. The lowest BCUT2D eigenvalue weighted by atomic mass is 9.98. The molecule has 0 spiro atoms. The molecule has 2 rings (SSSR count). The molecular weight excluding hydrogens is 310 g/mol. The van der Waals surface area contributed by atoms with Gasteiger partial charge in [0.2, 0.25) is 0 Å². The number of anilines is 1. The van der Waals surface area contributed by atoms with Crippen LogP contribution in [0.25, 0.3) is 0 Å². The summed E-state index contributed by atoms with van der Waals surface area (Å²) in [5, 5.41) is 3.40. The van der Waals surface area contributed by atoms with Crippen molar-refractivity contribution in [2.75, 3.05) is 18.5 Å². The molecule has 0 saturated heterocycles. The molecule has 0 radical (unpaired) electrons. The van der Waals surface area contributed by atoms with Crippen LogP contribution in [0.15, 0.2) is 48.5 Å². The molecule has 0 amide bonds. The maximum Gasteiger partial charge on any atom is 0.122 e. The van der Waals surface area contributed by atoms with Crippen LogP contribution in [-0.2, 0) is 0 Å². The van der Waals surface area contributed by atoms with Crippen molar-refractivity contribution in [1.29, 1.82) is 0 Å². The Kier molecular flexibility index (Phi) is 7.65. The highest BCUT2D eigenvalue weighted by molar-refractivity contribution is 5.48. The van der Waals surface area contributed by atoms with Gasteiger partial charge in [-0.05, 0) is 49.4 Å². The minimum Gasteiger partial charge on any atom is -0.491 e. The van der Waals surface area contributed by atoms with Crippen LogP contribution in [0.1, 0.15) is 52.0 Å². The summed E-state index contributed by atoms with van der Waals surface area (Å²) in [6.07, 6.45) is 2.35. The predicted molar refractivity (Wildman–Crippen MR) is 106 cm³/mol. The van der Waals surface area contributed by atoms with Gasteiger partial charge in [0, 0.05) is 18.3 Å². The molecular formula is C22H31NO2. The molecule has 1 N–H and O–H groups in total. The molecule has 0 bridgehead atoms. The van der Waals surface area contributed by atoms with Crippen molar-refractivity contribution in [1.82, 2.24) is 0 Å². The van der Waals surface area contributed by atoms with Crippen molar-refractivity contribution in [2.45, 2.75) is 52.6 Å². The highest BCUT2D eigenvalue weighted by Crippen LogP contribution is 2.28. The Balaban J connectivity index is 1.85. The second-order valence-corrected chi connectivity index (χ2v) is 6.49. The van der Waals surface area contributed by atoms with Crippen molar-refractivity contribution in [3.8, 4) is 11.5 Å². The Morgan fingerprint density at radius 2 is 1.76 bits per heavy atom. The van der Waals surface area contributed by atoms with Crippen molar-refractivity contribution in [2.24, 2.45) is 0 Å². The van der Waals surface area contributed by atoms with E-state index in [0.29, 0.717) is 12.5 Å². The first-order chi connectivity index (χ1) is 12.1. The highest BCUT2D eigenvalue weighted by atomic mass is 16.5. The van der Waals surface area contributed by atoms with Crippen molar-refractivity contribution in [3.05, 3.63) is 54.1 Å². The number of para-hydroxylation sites is 1. The van der Waals surface area contributed by atoms with E-state index in [0.717, 1.165) is 36.6 Å². The van der Waals surface area contributed by atoms with Crippen LogP contribution in [0.3, 0.4) is 0 Å². The molecule has 2 aromatic rings. The Bertz CT molecular complexity index is 641. The second-order valence-electron chi connectivity index (χ2n) is 6.49. The van der Waals surface area contributed by atoms with E-state index in [9.17, 15) is 0 Å². The molecule has 0 aliphatic rings. The molecule has 2 atom stereocenters. The van der Waals surface area contributed by atoms with Gasteiger partial charge in [0.05, 0.1) is 6.10 Å². The van der Waals surface area contributed by atoms with Crippen LogP contribution >= 0.6 is 0 Å². The SMILES string of the molecule is CC[C@@H](C)Oc1cccc(NCCOc2ccccc2[C@H](C)CC)c1. The standard InChI is InChI=1S/C22H31NO2/c1-5-17(3)21-12-7-8-13-22(21)24-15-14-23-19-10-9-11-20(16-19)25-18(4)6-2/h7-13,16-18,23H,5-6,14-15H2,1-4H3/t17-,18-/m1/s1. The first-order valence-electron chi connectivity index (χ1n) is 9.36. The minimum absolute atomic E-state index is 0.232. The summed E-state index contributed by atoms with van der Waals surface area (Å²) < 4.78 is 11.9. The Labute approximate surface area is 152 Å². The summed E-state index contributed by atoms with van der Waals surface area (Å²) >= 11 is 0. The van der Waals surface area contributed by atoms with Crippen LogP contribution in [-0.4, -0.2) is 19.3 Å². The molecule has 2 aromatic carbocycles. The fourth-order valence-electron chi connectivity index (χ4n) is 2.59.